The fraction of sp³-hybridized carbons (Fsp3) is 0.706. The van der Waals surface area contributed by atoms with Gasteiger partial charge in [0.15, 0.2) is 5.96 Å². The lowest BCUT2D eigenvalue weighted by Crippen LogP contribution is -2.46. The topological polar surface area (TPSA) is 66.8 Å². The number of guanidine groups is 1. The van der Waals surface area contributed by atoms with Crippen molar-refractivity contribution in [2.75, 3.05) is 26.2 Å². The summed E-state index contributed by atoms with van der Waals surface area (Å²) in [5, 5.41) is 4.39. The third-order valence-corrected chi connectivity index (χ3v) is 5.24. The van der Waals surface area contributed by atoms with E-state index in [1.165, 1.54) is 4.88 Å². The van der Waals surface area contributed by atoms with E-state index in [-0.39, 0.29) is 35.9 Å². The molecule has 6 nitrogen and oxygen atoms in total. The Morgan fingerprint density at radius 1 is 1.36 bits per heavy atom. The summed E-state index contributed by atoms with van der Waals surface area (Å²) in [7, 11) is 0. The van der Waals surface area contributed by atoms with Gasteiger partial charge in [-0.1, -0.05) is 0 Å². The quantitative estimate of drug-likeness (QED) is 0.304. The highest BCUT2D eigenvalue weighted by Gasteiger charge is 2.27. The van der Waals surface area contributed by atoms with Crippen molar-refractivity contribution >= 4 is 47.2 Å². The molecule has 0 aliphatic carbocycles. The Kier molecular flexibility index (Phi) is 9.70. The number of rotatable bonds is 5. The first-order chi connectivity index (χ1) is 11.5. The van der Waals surface area contributed by atoms with E-state index in [0.717, 1.165) is 49.1 Å². The Morgan fingerprint density at radius 3 is 2.56 bits per heavy atom. The number of nitrogens with zero attached hydrogens (tertiary/aromatic N) is 3. The van der Waals surface area contributed by atoms with Gasteiger partial charge in [-0.3, -0.25) is 4.79 Å². The first-order valence-corrected chi connectivity index (χ1v) is 9.49. The maximum absolute atomic E-state index is 11.9. The minimum atomic E-state index is -0.0622. The number of aliphatic imine (C=N–C) groups is 1. The van der Waals surface area contributed by atoms with E-state index in [2.05, 4.69) is 29.0 Å². The van der Waals surface area contributed by atoms with Gasteiger partial charge in [0.25, 0.3) is 0 Å². The normalized spacial score (nSPS) is 15.7. The molecule has 1 aromatic heterocycles. The van der Waals surface area contributed by atoms with E-state index >= 15 is 0 Å². The van der Waals surface area contributed by atoms with Gasteiger partial charge in [0.2, 0.25) is 0 Å². The van der Waals surface area contributed by atoms with Gasteiger partial charge in [0.05, 0.1) is 24.8 Å². The van der Waals surface area contributed by atoms with Crippen LogP contribution in [0, 0.1) is 19.8 Å². The van der Waals surface area contributed by atoms with Crippen LogP contribution in [0.1, 0.15) is 42.3 Å². The van der Waals surface area contributed by atoms with Crippen molar-refractivity contribution in [1.29, 1.82) is 0 Å². The number of hydrogen-bond donors (Lipinski definition) is 1. The van der Waals surface area contributed by atoms with Crippen LogP contribution in [0.25, 0.3) is 0 Å². The number of halogens is 1. The molecule has 1 aliphatic rings. The highest BCUT2D eigenvalue weighted by molar-refractivity contribution is 14.0. The van der Waals surface area contributed by atoms with Gasteiger partial charge >= 0.3 is 5.97 Å². The number of carbonyl (C=O) groups is 1. The second kappa shape index (κ2) is 10.9. The van der Waals surface area contributed by atoms with Gasteiger partial charge in [-0.25, -0.2) is 9.98 Å². The van der Waals surface area contributed by atoms with Crippen LogP contribution in [-0.2, 0) is 16.1 Å². The van der Waals surface area contributed by atoms with Crippen LogP contribution in [0.4, 0.5) is 0 Å². The average molecular weight is 480 g/mol. The van der Waals surface area contributed by atoms with Crippen LogP contribution >= 0.6 is 35.3 Å². The average Bonchev–Trinajstić information content (AvgIpc) is 2.90. The molecule has 0 atom stereocenters. The summed E-state index contributed by atoms with van der Waals surface area (Å²) >= 11 is 1.71. The minimum absolute atomic E-state index is 0. The van der Waals surface area contributed by atoms with E-state index in [4.69, 9.17) is 9.73 Å². The van der Waals surface area contributed by atoms with Gasteiger partial charge in [0.1, 0.15) is 5.01 Å². The second-order valence-electron chi connectivity index (χ2n) is 5.93. The molecule has 1 aliphatic heterocycles. The van der Waals surface area contributed by atoms with Crippen LogP contribution in [0.3, 0.4) is 0 Å². The number of hydrogen-bond acceptors (Lipinski definition) is 5. The fourth-order valence-corrected chi connectivity index (χ4v) is 3.62. The van der Waals surface area contributed by atoms with E-state index in [1.807, 2.05) is 13.8 Å². The second-order valence-corrected chi connectivity index (χ2v) is 7.22. The molecule has 1 N–H and O–H groups in total. The molecular weight excluding hydrogens is 451 g/mol. The van der Waals surface area contributed by atoms with Gasteiger partial charge in [-0.15, -0.1) is 35.3 Å². The molecule has 0 aromatic carbocycles. The predicted molar refractivity (Wildman–Crippen MR) is 113 cm³/mol. The number of carbonyl (C=O) groups excluding carboxylic acids is 1. The summed E-state index contributed by atoms with van der Waals surface area (Å²) in [6, 6.07) is 0. The van der Waals surface area contributed by atoms with Crippen molar-refractivity contribution in [3.05, 3.63) is 15.6 Å². The van der Waals surface area contributed by atoms with Crippen molar-refractivity contribution in [2.24, 2.45) is 10.9 Å². The smallest absolute Gasteiger partial charge is 0.309 e. The zero-order chi connectivity index (χ0) is 17.5. The zero-order valence-electron chi connectivity index (χ0n) is 15.5. The standard InChI is InChI=1S/C17H28N4O2S.HI/c1-5-18-17(19-11-15-20-12(3)13(4)24-15)21-9-7-14(8-10-21)16(22)23-6-2;/h14H,5-11H2,1-4H3,(H,18,19);1H. The largest absolute Gasteiger partial charge is 0.466 e. The summed E-state index contributed by atoms with van der Waals surface area (Å²) in [6.07, 6.45) is 1.64. The number of aromatic nitrogens is 1. The number of nitrogens with one attached hydrogen (secondary N) is 1. The van der Waals surface area contributed by atoms with E-state index in [9.17, 15) is 4.79 Å². The number of esters is 1. The maximum Gasteiger partial charge on any atom is 0.309 e. The van der Waals surface area contributed by atoms with Crippen molar-refractivity contribution in [3.63, 3.8) is 0 Å². The number of likely N-dealkylation sites (tertiary alicyclic amines) is 1. The molecule has 8 heteroatoms. The van der Waals surface area contributed by atoms with Gasteiger partial charge in [-0.2, -0.15) is 0 Å². The number of ether oxygens (including phenoxy) is 1. The number of piperidine rings is 1. The van der Waals surface area contributed by atoms with Crippen molar-refractivity contribution in [3.8, 4) is 0 Å². The molecule has 142 valence electrons. The third kappa shape index (κ3) is 6.40. The number of aryl methyl sites for hydroxylation is 2. The molecule has 0 saturated carbocycles. The Balaban J connectivity index is 0.00000312. The highest BCUT2D eigenvalue weighted by atomic mass is 127. The molecular formula is C17H29IN4O2S. The summed E-state index contributed by atoms with van der Waals surface area (Å²) in [5.74, 6) is 0.867. The Hall–Kier alpha value is -0.900. The van der Waals surface area contributed by atoms with Crippen molar-refractivity contribution in [2.45, 2.75) is 47.1 Å². The SMILES string of the molecule is CCNC(=NCc1nc(C)c(C)s1)N1CCC(C(=O)OCC)CC1.I. The lowest BCUT2D eigenvalue weighted by Gasteiger charge is -2.33. The summed E-state index contributed by atoms with van der Waals surface area (Å²) in [6.45, 7) is 11.6. The molecule has 2 heterocycles. The molecule has 0 unspecified atom stereocenters. The highest BCUT2D eigenvalue weighted by Crippen LogP contribution is 2.20. The van der Waals surface area contributed by atoms with Gasteiger partial charge < -0.3 is 15.0 Å². The molecule has 0 radical (unpaired) electrons. The molecule has 2 rings (SSSR count). The minimum Gasteiger partial charge on any atom is -0.466 e. The van der Waals surface area contributed by atoms with E-state index in [0.29, 0.717) is 13.2 Å². The summed E-state index contributed by atoms with van der Waals surface area (Å²) in [5.41, 5.74) is 1.09. The maximum atomic E-state index is 11.9. The first-order valence-electron chi connectivity index (χ1n) is 8.67. The van der Waals surface area contributed by atoms with Crippen LogP contribution in [0.2, 0.25) is 0 Å². The van der Waals surface area contributed by atoms with Gasteiger partial charge in [0, 0.05) is 24.5 Å². The Morgan fingerprint density at radius 2 is 2.04 bits per heavy atom. The Bertz CT molecular complexity index is 564. The van der Waals surface area contributed by atoms with E-state index in [1.54, 1.807) is 11.3 Å². The molecule has 0 amide bonds. The molecule has 1 saturated heterocycles. The molecule has 0 spiro atoms. The lowest BCUT2D eigenvalue weighted by atomic mass is 9.97. The van der Waals surface area contributed by atoms with Crippen LogP contribution in [-0.4, -0.2) is 48.1 Å². The monoisotopic (exact) mass is 480 g/mol. The Labute approximate surface area is 171 Å². The predicted octanol–water partition coefficient (Wildman–Crippen LogP) is 3.12. The van der Waals surface area contributed by atoms with Crippen LogP contribution in [0.5, 0.6) is 0 Å². The summed E-state index contributed by atoms with van der Waals surface area (Å²) < 4.78 is 5.13. The molecule has 1 aromatic rings. The molecule has 25 heavy (non-hydrogen) atoms. The van der Waals surface area contributed by atoms with Crippen LogP contribution in [0.15, 0.2) is 4.99 Å². The molecule has 0 bridgehead atoms. The molecule has 1 fully saturated rings. The third-order valence-electron chi connectivity index (χ3n) is 4.19. The van der Waals surface area contributed by atoms with Crippen molar-refractivity contribution < 1.29 is 9.53 Å². The van der Waals surface area contributed by atoms with E-state index < -0.39 is 0 Å². The zero-order valence-corrected chi connectivity index (χ0v) is 18.6. The van der Waals surface area contributed by atoms with Gasteiger partial charge in [-0.05, 0) is 40.5 Å². The fourth-order valence-electron chi connectivity index (χ4n) is 2.76. The summed E-state index contributed by atoms with van der Waals surface area (Å²) in [4.78, 5) is 24.6. The van der Waals surface area contributed by atoms with Crippen molar-refractivity contribution in [1.82, 2.24) is 15.2 Å². The number of thiazole rings is 1. The first kappa shape index (κ1) is 22.1. The van der Waals surface area contributed by atoms with Crippen LogP contribution < -0.4 is 5.32 Å². The lowest BCUT2D eigenvalue weighted by molar-refractivity contribution is -0.149.